The Morgan fingerprint density at radius 2 is 0.521 bits per heavy atom. The van der Waals surface area contributed by atoms with Crippen molar-refractivity contribution in [3.63, 3.8) is 0 Å². The predicted octanol–water partition coefficient (Wildman–Crippen LogP) is 22.5. The SMILES string of the molecule is Cc1cc(C)cc(-c2cc3ccccc3c3c2OP(=NS(=O)(=O)C(F)(F)F)(N(C)P2(=NS(=O)(=O)C(F)(F)F)Oc4c(-c5cc(C)cc(C)c5)cc5ccccc5c4-c4c(c(-c5cc(C)cc(C)c5)cc5ccccc45)O2)Oc2c(-c4cc(C)cc(C)c4)cc4ccccc4c2-3)c1. The smallest absolute Gasteiger partial charge is 0.417 e. The molecule has 14 rings (SSSR count). The van der Waals surface area contributed by atoms with E-state index in [2.05, 4.69) is 8.30 Å². The van der Waals surface area contributed by atoms with E-state index < -0.39 is 46.4 Å². The molecule has 0 aliphatic carbocycles. The van der Waals surface area contributed by atoms with Crippen LogP contribution in [-0.4, -0.2) is 39.3 Å². The number of alkyl halides is 6. The highest BCUT2D eigenvalue weighted by Crippen LogP contribution is 2.77. The molecule has 0 saturated carbocycles. The molecule has 0 bridgehead atoms. The number of benzene rings is 12. The summed E-state index contributed by atoms with van der Waals surface area (Å²) in [4.78, 5) is 0. The maximum Gasteiger partial charge on any atom is 0.518 e. The Morgan fingerprint density at radius 1 is 0.323 bits per heavy atom. The molecule has 0 fully saturated rings. The molecule has 12 aromatic rings. The molecule has 0 spiro atoms. The Hall–Kier alpha value is -9.22. The fourth-order valence-corrected chi connectivity index (χ4v) is 22.2. The first-order chi connectivity index (χ1) is 45.4. The second-order valence-corrected chi connectivity index (χ2v) is 33.1. The van der Waals surface area contributed by atoms with Crippen molar-refractivity contribution < 1.29 is 61.3 Å². The van der Waals surface area contributed by atoms with Crippen LogP contribution in [0.4, 0.5) is 26.3 Å². The number of fused-ring (bicyclic) bond motifs is 14. The van der Waals surface area contributed by atoms with Gasteiger partial charge in [0.25, 0.3) is 0 Å². The van der Waals surface area contributed by atoms with Crippen molar-refractivity contribution in [3.05, 3.63) is 239 Å². The molecule has 0 saturated heterocycles. The van der Waals surface area contributed by atoms with E-state index >= 15 is 43.2 Å². The minimum absolute atomic E-state index is 0.142. The fourth-order valence-electron chi connectivity index (χ4n) is 13.5. The molecule has 96 heavy (non-hydrogen) atoms. The first-order valence-corrected chi connectivity index (χ1v) is 36.4. The van der Waals surface area contributed by atoms with Gasteiger partial charge < -0.3 is 18.1 Å². The van der Waals surface area contributed by atoms with Crippen LogP contribution in [0.1, 0.15) is 44.5 Å². The molecule has 0 radical (unpaired) electrons. The summed E-state index contributed by atoms with van der Waals surface area (Å²) in [6.45, 7) is 14.6. The Bertz CT molecular complexity index is 5010. The lowest BCUT2D eigenvalue weighted by atomic mass is 9.86. The average molecular weight is 1370 g/mol. The third-order valence-electron chi connectivity index (χ3n) is 17.2. The summed E-state index contributed by atoms with van der Waals surface area (Å²) in [5.74, 6) is -1.40. The van der Waals surface area contributed by atoms with Gasteiger partial charge in [0.15, 0.2) is 0 Å². The molecular weight excluding hydrogens is 1310 g/mol. The van der Waals surface area contributed by atoms with Gasteiger partial charge in [-0.25, -0.2) is 0 Å². The summed E-state index contributed by atoms with van der Waals surface area (Å²) in [5, 5.41) is 3.89. The van der Waals surface area contributed by atoms with Crippen LogP contribution < -0.4 is 18.1 Å². The molecular formula is C75H59F6N3O8P2S2. The van der Waals surface area contributed by atoms with Crippen LogP contribution in [0.5, 0.6) is 23.0 Å². The monoisotopic (exact) mass is 1370 g/mol. The maximum atomic E-state index is 16.2. The van der Waals surface area contributed by atoms with Crippen LogP contribution in [0.15, 0.2) is 202 Å². The number of sulfonamides is 2. The number of aryl methyl sites for hydroxylation is 8. The van der Waals surface area contributed by atoms with E-state index in [-0.39, 0.29) is 67.5 Å². The summed E-state index contributed by atoms with van der Waals surface area (Å²) in [6, 6.07) is 56.9. The van der Waals surface area contributed by atoms with Crippen molar-refractivity contribution in [1.29, 1.82) is 0 Å². The largest absolute Gasteiger partial charge is 0.518 e. The predicted molar refractivity (Wildman–Crippen MR) is 372 cm³/mol. The zero-order valence-corrected chi connectivity index (χ0v) is 56.5. The van der Waals surface area contributed by atoms with E-state index in [0.29, 0.717) is 69.8 Å². The number of nitrogens with zero attached hydrogens (tertiary/aromatic N) is 3. The average Bonchev–Trinajstić information content (AvgIpc) is 1.49. The normalized spacial score (nSPS) is 14.3. The first-order valence-electron chi connectivity index (χ1n) is 30.4. The van der Waals surface area contributed by atoms with E-state index in [1.54, 1.807) is 146 Å². The molecule has 0 amide bonds. The van der Waals surface area contributed by atoms with Gasteiger partial charge in [-0.2, -0.15) is 43.2 Å². The Morgan fingerprint density at radius 3 is 0.719 bits per heavy atom. The molecule has 0 aromatic heterocycles. The van der Waals surface area contributed by atoms with Crippen LogP contribution >= 0.6 is 15.3 Å². The highest BCUT2D eigenvalue weighted by molar-refractivity contribution is 7.96. The molecule has 0 atom stereocenters. The van der Waals surface area contributed by atoms with Crippen molar-refractivity contribution >= 4 is 78.5 Å². The number of hydrogen-bond donors (Lipinski definition) is 0. The van der Waals surface area contributed by atoms with Gasteiger partial charge in [0.1, 0.15) is 23.0 Å². The van der Waals surface area contributed by atoms with Crippen LogP contribution in [0.3, 0.4) is 0 Å². The van der Waals surface area contributed by atoms with Crippen molar-refractivity contribution in [1.82, 2.24) is 4.44 Å². The highest BCUT2D eigenvalue weighted by atomic mass is 32.2. The third kappa shape index (κ3) is 11.0. The Kier molecular flexibility index (Phi) is 15.4. The molecule has 2 heterocycles. The van der Waals surface area contributed by atoms with Gasteiger partial charge in [-0.05, 0) is 145 Å². The molecule has 12 aromatic carbocycles. The first kappa shape index (κ1) is 64.1. The molecule has 21 heteroatoms. The van der Waals surface area contributed by atoms with Crippen molar-refractivity contribution in [3.8, 4) is 89.8 Å². The van der Waals surface area contributed by atoms with Gasteiger partial charge in [0.05, 0.1) is 0 Å². The standard InChI is InChI=1S/C75H59F6N3O8P2S2/c1-42-26-43(2)31-54(30-42)62-38-50-18-10-14-22-58(50)66-67-59-23-15-11-19-51(59)39-63(55-32-44(3)27-45(4)33-55)71(67)90-93(89-70(62)66,82-95(85,86)74(76,77)78)84(9)94(83-96(87,88)75(79,80)81)91-72-64(56-34-46(5)28-47(6)35-56)40-52-20-12-16-24-60(52)68(72)69-61-25-17-13-21-53(61)41-65(73(69)92-94)57-36-48(7)29-49(8)37-57/h10-41H,1-9H3. The van der Waals surface area contributed by atoms with E-state index in [1.165, 1.54) is 0 Å². The topological polar surface area (TPSA) is 133 Å². The van der Waals surface area contributed by atoms with Crippen LogP contribution in [-0.2, 0) is 20.0 Å². The molecule has 486 valence electrons. The summed E-state index contributed by atoms with van der Waals surface area (Å²) < 4.78 is 195. The maximum absolute atomic E-state index is 16.2. The number of halogens is 6. The van der Waals surface area contributed by atoms with Gasteiger partial charge >= 0.3 is 46.4 Å². The van der Waals surface area contributed by atoms with Gasteiger partial charge in [-0.1, -0.05) is 223 Å². The fraction of sp³-hybridized carbons (Fsp3) is 0.147. The van der Waals surface area contributed by atoms with E-state index in [1.807, 2.05) is 104 Å². The summed E-state index contributed by atoms with van der Waals surface area (Å²) >= 11 is 0. The minimum atomic E-state index is -7.06. The lowest BCUT2D eigenvalue weighted by Crippen LogP contribution is -2.29. The van der Waals surface area contributed by atoms with Crippen molar-refractivity contribution in [2.45, 2.75) is 66.4 Å². The summed E-state index contributed by atoms with van der Waals surface area (Å²) in [5.41, 5.74) is -4.07. The molecule has 2 aliphatic heterocycles. The molecule has 11 nitrogen and oxygen atoms in total. The lowest BCUT2D eigenvalue weighted by molar-refractivity contribution is -0.0440. The van der Waals surface area contributed by atoms with Crippen LogP contribution in [0.2, 0.25) is 0 Å². The van der Waals surface area contributed by atoms with Crippen LogP contribution in [0, 0.1) is 55.4 Å². The minimum Gasteiger partial charge on any atom is -0.417 e. The zero-order valence-electron chi connectivity index (χ0n) is 53.1. The number of rotatable bonds is 8. The molecule has 2 aliphatic rings. The van der Waals surface area contributed by atoms with E-state index in [0.717, 1.165) is 51.6 Å². The highest BCUT2D eigenvalue weighted by Gasteiger charge is 2.59. The molecule has 0 unspecified atom stereocenters. The van der Waals surface area contributed by atoms with Gasteiger partial charge in [0, 0.05) is 51.6 Å². The van der Waals surface area contributed by atoms with Gasteiger partial charge in [0.2, 0.25) is 0 Å². The van der Waals surface area contributed by atoms with E-state index in [9.17, 15) is 0 Å². The second-order valence-electron chi connectivity index (χ2n) is 24.7. The second kappa shape index (κ2) is 23.0. The van der Waals surface area contributed by atoms with Crippen LogP contribution in [0.25, 0.3) is 110 Å². The Balaban J connectivity index is 1.25. The van der Waals surface area contributed by atoms with Crippen molar-refractivity contribution in [2.75, 3.05) is 7.05 Å². The van der Waals surface area contributed by atoms with Crippen molar-refractivity contribution in [2.24, 2.45) is 8.30 Å². The number of hydrogen-bond acceptors (Lipinski definition) is 8. The molecule has 0 N–H and O–H groups in total. The summed E-state index contributed by atoms with van der Waals surface area (Å²) in [6.07, 6.45) is 0. The summed E-state index contributed by atoms with van der Waals surface area (Å²) in [7, 11) is -25.9. The zero-order chi connectivity index (χ0) is 67.9. The Labute approximate surface area is 551 Å². The third-order valence-corrected chi connectivity index (χ3v) is 26.3. The lowest BCUT2D eigenvalue weighted by Gasteiger charge is -2.37. The van der Waals surface area contributed by atoms with Gasteiger partial charge in [-0.15, -0.1) is 4.44 Å². The van der Waals surface area contributed by atoms with Gasteiger partial charge in [-0.3, -0.25) is 0 Å². The quantitative estimate of drug-likeness (QED) is 0.108. The van der Waals surface area contributed by atoms with E-state index in [4.69, 9.17) is 18.1 Å².